The third-order valence-corrected chi connectivity index (χ3v) is 5.83. The van der Waals surface area contributed by atoms with Gasteiger partial charge in [-0.3, -0.25) is 5.10 Å². The molecule has 0 radical (unpaired) electrons. The number of aromatic amines is 1. The lowest BCUT2D eigenvalue weighted by atomic mass is 10.0. The molecule has 116 valence electrons. The van der Waals surface area contributed by atoms with Crippen molar-refractivity contribution < 1.29 is 5.11 Å². The number of benzene rings is 1. The molecule has 1 aliphatic carbocycles. The molecule has 22 heavy (non-hydrogen) atoms. The van der Waals surface area contributed by atoms with Gasteiger partial charge >= 0.3 is 0 Å². The van der Waals surface area contributed by atoms with Crippen molar-refractivity contribution >= 4 is 23.3 Å². The Bertz CT molecular complexity index is 670. The molecular weight excluding hydrogens is 294 g/mol. The maximum atomic E-state index is 9.66. The van der Waals surface area contributed by atoms with Gasteiger partial charge in [0.05, 0.1) is 6.10 Å². The Hall–Kier alpha value is -1.46. The van der Waals surface area contributed by atoms with E-state index in [1.165, 1.54) is 29.1 Å². The Kier molecular flexibility index (Phi) is 3.84. The van der Waals surface area contributed by atoms with Crippen molar-refractivity contribution in [3.8, 4) is 0 Å². The number of H-pyrrole nitrogens is 1. The number of anilines is 2. The van der Waals surface area contributed by atoms with Gasteiger partial charge in [-0.1, -0.05) is 0 Å². The second kappa shape index (κ2) is 5.97. The smallest absolute Gasteiger partial charge is 0.152 e. The molecule has 1 fully saturated rings. The van der Waals surface area contributed by atoms with Gasteiger partial charge in [0.15, 0.2) is 5.82 Å². The summed E-state index contributed by atoms with van der Waals surface area (Å²) in [5.74, 6) is 2.51. The molecule has 0 saturated heterocycles. The molecule has 2 heterocycles. The average Bonchev–Trinajstić information content (AvgIpc) is 3.16. The Balaban J connectivity index is 1.48. The minimum absolute atomic E-state index is 0.150. The van der Waals surface area contributed by atoms with Crippen molar-refractivity contribution in [3.63, 3.8) is 0 Å². The van der Waals surface area contributed by atoms with Gasteiger partial charge in [0, 0.05) is 28.3 Å². The van der Waals surface area contributed by atoms with E-state index in [-0.39, 0.29) is 6.10 Å². The highest BCUT2D eigenvalue weighted by atomic mass is 32.2. The Morgan fingerprint density at radius 3 is 3.09 bits per heavy atom. The van der Waals surface area contributed by atoms with E-state index in [1.54, 1.807) is 0 Å². The largest absolute Gasteiger partial charge is 0.393 e. The number of aryl methyl sites for hydroxylation is 1. The topological polar surface area (TPSA) is 60.9 Å². The van der Waals surface area contributed by atoms with Crippen LogP contribution in [0.4, 0.5) is 11.5 Å². The molecule has 1 aromatic heterocycles. The summed E-state index contributed by atoms with van der Waals surface area (Å²) in [5, 5.41) is 20.6. The molecule has 1 aliphatic heterocycles. The van der Waals surface area contributed by atoms with Crippen LogP contribution in [0.1, 0.15) is 42.9 Å². The lowest BCUT2D eigenvalue weighted by molar-refractivity contribution is 0.181. The number of thioether (sulfide) groups is 1. The van der Waals surface area contributed by atoms with E-state index in [9.17, 15) is 5.11 Å². The zero-order valence-electron chi connectivity index (χ0n) is 12.5. The number of aliphatic hydroxyl groups is 1. The van der Waals surface area contributed by atoms with E-state index in [0.717, 1.165) is 36.5 Å². The minimum Gasteiger partial charge on any atom is -0.393 e. The van der Waals surface area contributed by atoms with Gasteiger partial charge < -0.3 is 10.4 Å². The van der Waals surface area contributed by atoms with Gasteiger partial charge in [-0.25, -0.2) is 0 Å². The molecule has 4 rings (SSSR count). The fraction of sp³-hybridized carbons (Fsp3) is 0.471. The summed E-state index contributed by atoms with van der Waals surface area (Å²) in [6, 6.07) is 8.67. The SMILES string of the molecule is OC1CCC(c2cc(Nc3ccc4c(c3)CCCS4)n[nH]2)C1. The highest BCUT2D eigenvalue weighted by Gasteiger charge is 2.25. The summed E-state index contributed by atoms with van der Waals surface area (Å²) >= 11 is 1.95. The van der Waals surface area contributed by atoms with Crippen molar-refractivity contribution in [2.24, 2.45) is 0 Å². The van der Waals surface area contributed by atoms with Crippen molar-refractivity contribution in [1.29, 1.82) is 0 Å². The van der Waals surface area contributed by atoms with Crippen LogP contribution >= 0.6 is 11.8 Å². The third-order valence-electron chi connectivity index (χ3n) is 4.62. The molecule has 3 N–H and O–H groups in total. The Labute approximate surface area is 134 Å². The van der Waals surface area contributed by atoms with Gasteiger partial charge in [-0.2, -0.15) is 5.10 Å². The number of aromatic nitrogens is 2. The van der Waals surface area contributed by atoms with Crippen LogP contribution in [0.25, 0.3) is 0 Å². The fourth-order valence-electron chi connectivity index (χ4n) is 3.44. The zero-order chi connectivity index (χ0) is 14.9. The van der Waals surface area contributed by atoms with E-state index in [1.807, 2.05) is 11.8 Å². The van der Waals surface area contributed by atoms with E-state index >= 15 is 0 Å². The van der Waals surface area contributed by atoms with E-state index in [2.05, 4.69) is 39.8 Å². The monoisotopic (exact) mass is 315 g/mol. The quantitative estimate of drug-likeness (QED) is 0.806. The number of hydrogen-bond donors (Lipinski definition) is 3. The van der Waals surface area contributed by atoms with Gasteiger partial charge in [-0.15, -0.1) is 11.8 Å². The number of nitrogens with zero attached hydrogens (tertiary/aromatic N) is 1. The van der Waals surface area contributed by atoms with Gasteiger partial charge in [-0.05, 0) is 61.6 Å². The molecule has 4 nitrogen and oxygen atoms in total. The first-order valence-corrected chi connectivity index (χ1v) is 9.02. The van der Waals surface area contributed by atoms with Crippen molar-refractivity contribution in [2.75, 3.05) is 11.1 Å². The summed E-state index contributed by atoms with van der Waals surface area (Å²) in [6.45, 7) is 0. The Morgan fingerprint density at radius 1 is 1.27 bits per heavy atom. The first kappa shape index (κ1) is 14.2. The normalized spacial score (nSPS) is 24.2. The standard InChI is InChI=1S/C17H21N3OS/c21-14-5-3-11(9-14)15-10-17(20-19-15)18-13-4-6-16-12(8-13)2-1-7-22-16/h4,6,8,10-11,14,21H,1-3,5,7,9H2,(H2,18,19,20). The second-order valence-electron chi connectivity index (χ2n) is 6.27. The molecular formula is C17H21N3OS. The molecule has 2 aromatic rings. The van der Waals surface area contributed by atoms with E-state index in [4.69, 9.17) is 0 Å². The average molecular weight is 315 g/mol. The van der Waals surface area contributed by atoms with Crippen LogP contribution in [-0.2, 0) is 6.42 Å². The predicted molar refractivity (Wildman–Crippen MR) is 90.0 cm³/mol. The van der Waals surface area contributed by atoms with Gasteiger partial charge in [0.2, 0.25) is 0 Å². The zero-order valence-corrected chi connectivity index (χ0v) is 13.3. The molecule has 0 amide bonds. The summed E-state index contributed by atoms with van der Waals surface area (Å²) < 4.78 is 0. The van der Waals surface area contributed by atoms with Crippen LogP contribution in [-0.4, -0.2) is 27.2 Å². The Morgan fingerprint density at radius 2 is 2.23 bits per heavy atom. The summed E-state index contributed by atoms with van der Waals surface area (Å²) in [7, 11) is 0. The molecule has 2 aliphatic rings. The summed E-state index contributed by atoms with van der Waals surface area (Å²) in [4.78, 5) is 1.42. The van der Waals surface area contributed by atoms with Crippen molar-refractivity contribution in [2.45, 2.75) is 49.0 Å². The number of nitrogens with one attached hydrogen (secondary N) is 2. The number of rotatable bonds is 3. The predicted octanol–water partition coefficient (Wildman–Crippen LogP) is 3.82. The van der Waals surface area contributed by atoms with Gasteiger partial charge in [0.1, 0.15) is 0 Å². The maximum Gasteiger partial charge on any atom is 0.152 e. The van der Waals surface area contributed by atoms with Crippen LogP contribution in [0.15, 0.2) is 29.2 Å². The summed E-state index contributed by atoms with van der Waals surface area (Å²) in [6.07, 6.45) is 5.06. The highest BCUT2D eigenvalue weighted by Crippen LogP contribution is 2.35. The van der Waals surface area contributed by atoms with E-state index in [0.29, 0.717) is 5.92 Å². The molecule has 2 unspecified atom stereocenters. The fourth-order valence-corrected chi connectivity index (χ4v) is 4.46. The number of hydrogen-bond acceptors (Lipinski definition) is 4. The number of aliphatic hydroxyl groups excluding tert-OH is 1. The van der Waals surface area contributed by atoms with Crippen LogP contribution in [0, 0.1) is 0 Å². The molecule has 2 atom stereocenters. The van der Waals surface area contributed by atoms with Crippen LogP contribution in [0.5, 0.6) is 0 Å². The summed E-state index contributed by atoms with van der Waals surface area (Å²) in [5.41, 5.74) is 3.68. The van der Waals surface area contributed by atoms with E-state index < -0.39 is 0 Å². The molecule has 5 heteroatoms. The highest BCUT2D eigenvalue weighted by molar-refractivity contribution is 7.99. The third kappa shape index (κ3) is 2.88. The minimum atomic E-state index is -0.150. The van der Waals surface area contributed by atoms with Crippen LogP contribution in [0.3, 0.4) is 0 Å². The van der Waals surface area contributed by atoms with Crippen LogP contribution in [0.2, 0.25) is 0 Å². The lowest BCUT2D eigenvalue weighted by Gasteiger charge is -2.16. The molecule has 0 spiro atoms. The molecule has 1 aromatic carbocycles. The van der Waals surface area contributed by atoms with Crippen molar-refractivity contribution in [3.05, 3.63) is 35.5 Å². The second-order valence-corrected chi connectivity index (χ2v) is 7.41. The maximum absolute atomic E-state index is 9.66. The first-order valence-electron chi connectivity index (χ1n) is 8.04. The molecule has 0 bridgehead atoms. The lowest BCUT2D eigenvalue weighted by Crippen LogP contribution is -2.00. The van der Waals surface area contributed by atoms with Crippen molar-refractivity contribution in [1.82, 2.24) is 10.2 Å². The molecule has 1 saturated carbocycles. The van der Waals surface area contributed by atoms with Crippen LogP contribution < -0.4 is 5.32 Å². The number of fused-ring (bicyclic) bond motifs is 1. The van der Waals surface area contributed by atoms with Gasteiger partial charge in [0.25, 0.3) is 0 Å². The first-order chi connectivity index (χ1) is 10.8.